The van der Waals surface area contributed by atoms with Gasteiger partial charge in [-0.05, 0) is 25.7 Å². The first-order chi connectivity index (χ1) is 15.9. The fourth-order valence-electron chi connectivity index (χ4n) is 4.95. The van der Waals surface area contributed by atoms with Crippen LogP contribution in [0.4, 0.5) is 11.4 Å². The highest BCUT2D eigenvalue weighted by atomic mass is 16.6. The van der Waals surface area contributed by atoms with Gasteiger partial charge < -0.3 is 10.2 Å². The lowest BCUT2D eigenvalue weighted by Gasteiger charge is -2.29. The highest BCUT2D eigenvalue weighted by molar-refractivity contribution is 5.85. The van der Waals surface area contributed by atoms with E-state index in [0.717, 1.165) is 75.8 Å². The van der Waals surface area contributed by atoms with E-state index >= 15 is 0 Å². The third-order valence-electron chi connectivity index (χ3n) is 6.70. The molecule has 0 bridgehead atoms. The normalized spacial score (nSPS) is 18.1. The van der Waals surface area contributed by atoms with Crippen molar-refractivity contribution in [1.29, 1.82) is 0 Å². The van der Waals surface area contributed by atoms with Crippen molar-refractivity contribution < 1.29 is 15.1 Å². The molecular formula is C23H27N4O6-. The van der Waals surface area contributed by atoms with Crippen LogP contribution in [0.5, 0.6) is 11.6 Å². The molecule has 10 heteroatoms. The van der Waals surface area contributed by atoms with Crippen molar-refractivity contribution in [1.82, 2.24) is 9.13 Å². The fourth-order valence-corrected chi connectivity index (χ4v) is 4.95. The van der Waals surface area contributed by atoms with Crippen LogP contribution in [-0.2, 0) is 0 Å². The van der Waals surface area contributed by atoms with Crippen LogP contribution in [0.3, 0.4) is 0 Å². The molecule has 1 N–H and O–H groups in total. The lowest BCUT2D eigenvalue weighted by molar-refractivity contribution is -0.385. The number of rotatable bonds is 5. The maximum Gasteiger partial charge on any atom is 0.334 e. The van der Waals surface area contributed by atoms with E-state index in [0.29, 0.717) is 12.8 Å². The van der Waals surface area contributed by atoms with Crippen LogP contribution >= 0.6 is 0 Å². The predicted molar refractivity (Wildman–Crippen MR) is 121 cm³/mol. The molecule has 10 nitrogen and oxygen atoms in total. The summed E-state index contributed by atoms with van der Waals surface area (Å²) in [5.74, 6) is -1.02. The molecule has 0 saturated heterocycles. The van der Waals surface area contributed by atoms with Gasteiger partial charge in [0, 0.05) is 30.4 Å². The molecule has 0 amide bonds. The van der Waals surface area contributed by atoms with Crippen LogP contribution in [0.25, 0.3) is 0 Å². The van der Waals surface area contributed by atoms with Crippen LogP contribution < -0.4 is 16.4 Å². The van der Waals surface area contributed by atoms with Crippen LogP contribution in [0.2, 0.25) is 0 Å². The van der Waals surface area contributed by atoms with Gasteiger partial charge in [0.15, 0.2) is 0 Å². The molecule has 4 rings (SSSR count). The van der Waals surface area contributed by atoms with Crippen molar-refractivity contribution in [2.75, 3.05) is 0 Å². The van der Waals surface area contributed by atoms with Gasteiger partial charge in [-0.1, -0.05) is 50.3 Å². The number of aromatic nitrogens is 2. The van der Waals surface area contributed by atoms with Crippen molar-refractivity contribution in [2.45, 2.75) is 76.3 Å². The van der Waals surface area contributed by atoms with Gasteiger partial charge in [0.2, 0.25) is 5.88 Å². The van der Waals surface area contributed by atoms with Crippen LogP contribution in [0.1, 0.15) is 81.9 Å². The summed E-state index contributed by atoms with van der Waals surface area (Å²) in [4.78, 5) is 41.2. The van der Waals surface area contributed by atoms with Gasteiger partial charge in [0.1, 0.15) is 5.56 Å². The molecule has 1 aromatic heterocycles. The summed E-state index contributed by atoms with van der Waals surface area (Å²) >= 11 is 0. The zero-order valence-corrected chi connectivity index (χ0v) is 18.3. The molecular weight excluding hydrogens is 428 g/mol. The molecule has 0 aliphatic heterocycles. The summed E-state index contributed by atoms with van der Waals surface area (Å²) in [5.41, 5.74) is -1.87. The number of benzene rings is 1. The smallest absolute Gasteiger partial charge is 0.334 e. The Hall–Kier alpha value is -3.43. The molecule has 1 aromatic carbocycles. The minimum atomic E-state index is -0.655. The molecule has 1 heterocycles. The summed E-state index contributed by atoms with van der Waals surface area (Å²) in [6.45, 7) is 0. The van der Waals surface area contributed by atoms with Gasteiger partial charge in [-0.25, -0.2) is 4.79 Å². The second kappa shape index (κ2) is 9.60. The second-order valence-electron chi connectivity index (χ2n) is 8.82. The Labute approximate surface area is 190 Å². The molecule has 0 atom stereocenters. The van der Waals surface area contributed by atoms with Gasteiger partial charge in [-0.3, -0.25) is 29.0 Å². The van der Waals surface area contributed by atoms with Crippen molar-refractivity contribution in [3.63, 3.8) is 0 Å². The predicted octanol–water partition coefficient (Wildman–Crippen LogP) is 3.46. The SMILES string of the molecule is O=c1c(C=Nc2cc([N+](=O)[O-])ccc2[O-])c(O)n(C2CCCCC2)c(=O)n1C1CCCCC1. The summed E-state index contributed by atoms with van der Waals surface area (Å²) in [6, 6.07) is 2.66. The first-order valence-corrected chi connectivity index (χ1v) is 11.5. The van der Waals surface area contributed by atoms with E-state index in [1.165, 1.54) is 9.13 Å². The Morgan fingerprint density at radius 1 is 0.970 bits per heavy atom. The van der Waals surface area contributed by atoms with Crippen molar-refractivity contribution in [2.24, 2.45) is 4.99 Å². The number of hydrogen-bond donors (Lipinski definition) is 1. The molecule has 0 unspecified atom stereocenters. The Kier molecular flexibility index (Phi) is 6.62. The van der Waals surface area contributed by atoms with Crippen molar-refractivity contribution >= 4 is 17.6 Å². The molecule has 2 saturated carbocycles. The molecule has 2 aromatic rings. The summed E-state index contributed by atoms with van der Waals surface area (Å²) in [6.07, 6.45) is 9.70. The van der Waals surface area contributed by atoms with E-state index in [2.05, 4.69) is 4.99 Å². The third kappa shape index (κ3) is 4.55. The van der Waals surface area contributed by atoms with E-state index in [-0.39, 0.29) is 29.0 Å². The first-order valence-electron chi connectivity index (χ1n) is 11.5. The monoisotopic (exact) mass is 455 g/mol. The average Bonchev–Trinajstić information content (AvgIpc) is 2.81. The van der Waals surface area contributed by atoms with E-state index < -0.39 is 27.8 Å². The average molecular weight is 455 g/mol. The van der Waals surface area contributed by atoms with E-state index in [4.69, 9.17) is 0 Å². The van der Waals surface area contributed by atoms with E-state index in [1.54, 1.807) is 0 Å². The summed E-state index contributed by atoms with van der Waals surface area (Å²) < 4.78 is 2.54. The topological polar surface area (TPSA) is 143 Å². The molecule has 2 aliphatic carbocycles. The number of hydrogen-bond acceptors (Lipinski definition) is 7. The minimum absolute atomic E-state index is 0.184. The number of nitro groups is 1. The first kappa shape index (κ1) is 22.8. The number of aliphatic imine (C=N–C) groups is 1. The van der Waals surface area contributed by atoms with E-state index in [9.17, 15) is 29.9 Å². The van der Waals surface area contributed by atoms with Crippen LogP contribution in [0, 0.1) is 10.1 Å². The maximum atomic E-state index is 13.4. The lowest BCUT2D eigenvalue weighted by atomic mass is 9.94. The molecule has 2 fully saturated rings. The van der Waals surface area contributed by atoms with E-state index in [1.807, 2.05) is 0 Å². The van der Waals surface area contributed by atoms with Gasteiger partial charge in [0.05, 0.1) is 10.6 Å². The molecule has 2 aliphatic rings. The molecule has 176 valence electrons. The van der Waals surface area contributed by atoms with Crippen molar-refractivity contribution in [3.05, 3.63) is 54.7 Å². The number of non-ortho nitro benzene ring substituents is 1. The third-order valence-corrected chi connectivity index (χ3v) is 6.70. The highest BCUT2D eigenvalue weighted by Crippen LogP contribution is 2.32. The largest absolute Gasteiger partial charge is 0.871 e. The van der Waals surface area contributed by atoms with Gasteiger partial charge in [0.25, 0.3) is 11.2 Å². The van der Waals surface area contributed by atoms with Crippen LogP contribution in [-0.4, -0.2) is 25.4 Å². The van der Waals surface area contributed by atoms with Gasteiger partial charge in [-0.15, -0.1) is 0 Å². The quantitative estimate of drug-likeness (QED) is 0.415. The zero-order chi connectivity index (χ0) is 23.5. The zero-order valence-electron chi connectivity index (χ0n) is 18.3. The number of nitro benzene ring substituents is 1. The molecule has 0 radical (unpaired) electrons. The minimum Gasteiger partial charge on any atom is -0.871 e. The number of nitrogens with zero attached hydrogens (tertiary/aromatic N) is 4. The van der Waals surface area contributed by atoms with Crippen molar-refractivity contribution in [3.8, 4) is 11.6 Å². The summed E-state index contributed by atoms with van der Waals surface area (Å²) in [7, 11) is 0. The molecule has 33 heavy (non-hydrogen) atoms. The Balaban J connectivity index is 1.86. The van der Waals surface area contributed by atoms with Gasteiger partial charge in [-0.2, -0.15) is 0 Å². The Morgan fingerprint density at radius 3 is 2.12 bits per heavy atom. The van der Waals surface area contributed by atoms with Gasteiger partial charge >= 0.3 is 5.69 Å². The Morgan fingerprint density at radius 2 is 1.55 bits per heavy atom. The molecule has 0 spiro atoms. The fraction of sp³-hybridized carbons (Fsp3) is 0.522. The number of aromatic hydroxyl groups is 1. The highest BCUT2D eigenvalue weighted by Gasteiger charge is 2.28. The Bertz CT molecular complexity index is 1190. The van der Waals surface area contributed by atoms with Crippen LogP contribution in [0.15, 0.2) is 32.8 Å². The maximum absolute atomic E-state index is 13.4. The second-order valence-corrected chi connectivity index (χ2v) is 8.82. The standard InChI is InChI=1S/C23H28N4O6/c28-20-12-11-17(27(32)33)13-19(20)24-14-18-21(29)25(15-7-3-1-4-8-15)23(31)26(22(18)30)16-9-5-2-6-10-16/h11-16,28-29H,1-10H2/p-1. The summed E-state index contributed by atoms with van der Waals surface area (Å²) in [5, 5.41) is 34.2. The lowest BCUT2D eigenvalue weighted by Crippen LogP contribution is -2.45.